The third kappa shape index (κ3) is 13.5. The highest BCUT2D eigenvalue weighted by Gasteiger charge is 2.30. The van der Waals surface area contributed by atoms with E-state index in [1.807, 2.05) is 0 Å². The van der Waals surface area contributed by atoms with E-state index in [1.165, 1.54) is 24.3 Å². The average molecular weight is 572 g/mol. The number of hydrogen-bond donors (Lipinski definition) is 9. The summed E-state index contributed by atoms with van der Waals surface area (Å²) in [5, 5.41) is 25.9. The molecule has 4 atom stereocenters. The van der Waals surface area contributed by atoms with E-state index in [9.17, 15) is 29.1 Å². The highest BCUT2D eigenvalue weighted by atomic mass is 32.2. The van der Waals surface area contributed by atoms with Crippen LogP contribution in [0.25, 0.3) is 0 Å². The third-order valence-electron chi connectivity index (χ3n) is 5.42. The lowest BCUT2D eigenvalue weighted by Crippen LogP contribution is -2.57. The minimum absolute atomic E-state index is 0.0536. The minimum atomic E-state index is -1.28. The van der Waals surface area contributed by atoms with E-state index >= 15 is 0 Å². The molecule has 0 saturated carbocycles. The minimum Gasteiger partial charge on any atom is -0.481 e. The number of H-pyrrole nitrogens is 1. The van der Waals surface area contributed by atoms with Crippen LogP contribution in [0, 0.1) is 0 Å². The highest BCUT2D eigenvalue weighted by Crippen LogP contribution is 2.07. The number of aliphatic carboxylic acids is 2. The molecule has 0 aliphatic heterocycles. The first kappa shape index (κ1) is 33.2. The summed E-state index contributed by atoms with van der Waals surface area (Å²) in [4.78, 5) is 71.7. The van der Waals surface area contributed by atoms with Crippen LogP contribution in [0.4, 0.5) is 0 Å². The number of rotatable bonds is 19. The Bertz CT molecular complexity index is 987. The van der Waals surface area contributed by atoms with Crippen LogP contribution in [0.15, 0.2) is 17.5 Å². The number of carbonyl (C=O) groups is 5. The van der Waals surface area contributed by atoms with Gasteiger partial charge in [-0.25, -0.2) is 9.78 Å². The normalized spacial score (nSPS) is 13.8. The van der Waals surface area contributed by atoms with Crippen molar-refractivity contribution in [2.75, 3.05) is 18.6 Å². The highest BCUT2D eigenvalue weighted by molar-refractivity contribution is 7.98. The van der Waals surface area contributed by atoms with E-state index in [0.29, 0.717) is 11.4 Å². The Balaban J connectivity index is 2.99. The van der Waals surface area contributed by atoms with Crippen LogP contribution in [-0.4, -0.2) is 98.5 Å². The molecule has 3 amide bonds. The van der Waals surface area contributed by atoms with Crippen molar-refractivity contribution >= 4 is 47.4 Å². The van der Waals surface area contributed by atoms with Gasteiger partial charge in [-0.05, 0) is 37.7 Å². The SMILES string of the molecule is CSCCC(NC(=O)C(CCCN=C(N)N)NC(=O)C(N)CCC(=O)O)C(=O)NC(Cc1cnc[nH]1)C(=O)O. The number of carboxylic acid groups (broad SMARTS) is 2. The van der Waals surface area contributed by atoms with Gasteiger partial charge >= 0.3 is 11.9 Å². The number of carbonyl (C=O) groups excluding carboxylic acids is 3. The van der Waals surface area contributed by atoms with E-state index < -0.39 is 53.8 Å². The summed E-state index contributed by atoms with van der Waals surface area (Å²) < 4.78 is 0. The Kier molecular flexibility index (Phi) is 15.0. The maximum atomic E-state index is 13.2. The molecule has 0 bridgehead atoms. The molecule has 0 saturated heterocycles. The van der Waals surface area contributed by atoms with Gasteiger partial charge in [-0.1, -0.05) is 0 Å². The molecular weight excluding hydrogens is 534 g/mol. The van der Waals surface area contributed by atoms with Crippen molar-refractivity contribution in [1.29, 1.82) is 0 Å². The number of thioether (sulfide) groups is 1. The summed E-state index contributed by atoms with van der Waals surface area (Å²) in [7, 11) is 0. The van der Waals surface area contributed by atoms with Crippen LogP contribution in [-0.2, 0) is 30.4 Å². The summed E-state index contributed by atoms with van der Waals surface area (Å²) >= 11 is 1.42. The van der Waals surface area contributed by atoms with Crippen molar-refractivity contribution in [1.82, 2.24) is 25.9 Å². The van der Waals surface area contributed by atoms with E-state index in [1.54, 1.807) is 6.26 Å². The van der Waals surface area contributed by atoms with Crippen LogP contribution in [0.3, 0.4) is 0 Å². The number of carboxylic acids is 2. The molecule has 4 unspecified atom stereocenters. The van der Waals surface area contributed by atoms with Gasteiger partial charge in [0.25, 0.3) is 0 Å². The molecule has 1 heterocycles. The Hall–Kier alpha value is -3.86. The lowest BCUT2D eigenvalue weighted by Gasteiger charge is -2.25. The van der Waals surface area contributed by atoms with Gasteiger partial charge in [-0.3, -0.25) is 24.2 Å². The molecule has 17 heteroatoms. The second kappa shape index (κ2) is 17.6. The van der Waals surface area contributed by atoms with Crippen molar-refractivity contribution in [3.63, 3.8) is 0 Å². The number of imidazole rings is 1. The smallest absolute Gasteiger partial charge is 0.326 e. The first-order chi connectivity index (χ1) is 18.4. The van der Waals surface area contributed by atoms with Crippen molar-refractivity contribution in [2.45, 2.75) is 62.7 Å². The molecule has 1 aromatic rings. The third-order valence-corrected chi connectivity index (χ3v) is 6.07. The Labute approximate surface area is 229 Å². The van der Waals surface area contributed by atoms with Gasteiger partial charge in [-0.2, -0.15) is 11.8 Å². The van der Waals surface area contributed by atoms with Gasteiger partial charge in [0, 0.05) is 31.3 Å². The number of aromatic amines is 1. The zero-order valence-electron chi connectivity index (χ0n) is 21.6. The number of nitrogens with one attached hydrogen (secondary N) is 4. The first-order valence-electron chi connectivity index (χ1n) is 12.1. The molecule has 1 aromatic heterocycles. The molecule has 0 aliphatic carbocycles. The number of guanidine groups is 1. The van der Waals surface area contributed by atoms with E-state index in [0.717, 1.165) is 0 Å². The molecule has 16 nitrogen and oxygen atoms in total. The Morgan fingerprint density at radius 2 is 1.62 bits per heavy atom. The number of hydrogen-bond acceptors (Lipinski definition) is 9. The van der Waals surface area contributed by atoms with Crippen LogP contribution in [0.2, 0.25) is 0 Å². The fourth-order valence-electron chi connectivity index (χ4n) is 3.33. The Morgan fingerprint density at radius 3 is 2.15 bits per heavy atom. The van der Waals surface area contributed by atoms with E-state index in [4.69, 9.17) is 22.3 Å². The van der Waals surface area contributed by atoms with Gasteiger partial charge < -0.3 is 48.3 Å². The fourth-order valence-corrected chi connectivity index (χ4v) is 3.80. The number of aromatic nitrogens is 2. The molecule has 1 rings (SSSR count). The van der Waals surface area contributed by atoms with Gasteiger partial charge in [0.05, 0.1) is 12.4 Å². The first-order valence-corrected chi connectivity index (χ1v) is 13.5. The van der Waals surface area contributed by atoms with Crippen molar-refractivity contribution in [3.8, 4) is 0 Å². The van der Waals surface area contributed by atoms with E-state index in [2.05, 4.69) is 30.9 Å². The van der Waals surface area contributed by atoms with Crippen LogP contribution >= 0.6 is 11.8 Å². The topological polar surface area (TPSA) is 281 Å². The maximum absolute atomic E-state index is 13.2. The van der Waals surface area contributed by atoms with Crippen LogP contribution in [0.5, 0.6) is 0 Å². The molecule has 0 fully saturated rings. The van der Waals surface area contributed by atoms with E-state index in [-0.39, 0.29) is 51.0 Å². The standard InChI is InChI=1S/C22H37N9O7S/c1-39-8-6-15(20(36)31-16(21(37)38)9-12-10-26-11-28-12)30-19(35)14(3-2-7-27-22(24)25)29-18(34)13(23)4-5-17(32)33/h10-11,13-16H,2-9,23H2,1H3,(H,26,28)(H,29,34)(H,30,35)(H,31,36)(H,32,33)(H,37,38)(H4,24,25,27). The molecule has 12 N–H and O–H groups in total. The number of nitrogens with zero attached hydrogens (tertiary/aromatic N) is 2. The average Bonchev–Trinajstić information content (AvgIpc) is 3.38. The zero-order valence-corrected chi connectivity index (χ0v) is 22.4. The van der Waals surface area contributed by atoms with Crippen LogP contribution < -0.4 is 33.2 Å². The number of aliphatic imine (C=N–C) groups is 1. The molecule has 218 valence electrons. The Morgan fingerprint density at radius 1 is 1.00 bits per heavy atom. The summed E-state index contributed by atoms with van der Waals surface area (Å²) in [5.41, 5.74) is 16.9. The van der Waals surface area contributed by atoms with Crippen LogP contribution in [0.1, 0.15) is 37.8 Å². The predicted octanol–water partition coefficient (Wildman–Crippen LogP) is -2.51. The summed E-state index contributed by atoms with van der Waals surface area (Å²) in [6.45, 7) is 0.164. The van der Waals surface area contributed by atoms with Gasteiger partial charge in [0.15, 0.2) is 5.96 Å². The molecule has 0 spiro atoms. The van der Waals surface area contributed by atoms with Gasteiger partial charge in [-0.15, -0.1) is 0 Å². The molecule has 0 aliphatic rings. The van der Waals surface area contributed by atoms with Crippen molar-refractivity contribution < 1.29 is 34.2 Å². The number of nitrogens with two attached hydrogens (primary N) is 3. The molecule has 0 aromatic carbocycles. The van der Waals surface area contributed by atoms with Gasteiger partial charge in [0.1, 0.15) is 18.1 Å². The lowest BCUT2D eigenvalue weighted by atomic mass is 10.1. The van der Waals surface area contributed by atoms with Gasteiger partial charge in [0.2, 0.25) is 17.7 Å². The van der Waals surface area contributed by atoms with Crippen molar-refractivity contribution in [2.24, 2.45) is 22.2 Å². The predicted molar refractivity (Wildman–Crippen MR) is 143 cm³/mol. The monoisotopic (exact) mass is 571 g/mol. The second-order valence-corrected chi connectivity index (χ2v) is 9.56. The lowest BCUT2D eigenvalue weighted by molar-refractivity contribution is -0.142. The quantitative estimate of drug-likeness (QED) is 0.0473. The molecule has 39 heavy (non-hydrogen) atoms. The fraction of sp³-hybridized carbons (Fsp3) is 0.591. The zero-order chi connectivity index (χ0) is 29.4. The summed E-state index contributed by atoms with van der Waals surface area (Å²) in [6, 6.07) is -4.71. The molecular formula is C22H37N9O7S. The van der Waals surface area contributed by atoms with Crippen molar-refractivity contribution in [3.05, 3.63) is 18.2 Å². The molecule has 0 radical (unpaired) electrons. The number of amides is 3. The second-order valence-electron chi connectivity index (χ2n) is 8.57. The summed E-state index contributed by atoms with van der Waals surface area (Å²) in [5.74, 6) is -4.24. The summed E-state index contributed by atoms with van der Waals surface area (Å²) in [6.07, 6.45) is 4.64. The maximum Gasteiger partial charge on any atom is 0.326 e. The largest absolute Gasteiger partial charge is 0.481 e.